The summed E-state index contributed by atoms with van der Waals surface area (Å²) in [4.78, 5) is 54.7. The molecule has 1 aliphatic carbocycles. The average molecular weight is 531 g/mol. The van der Waals surface area contributed by atoms with Gasteiger partial charge >= 0.3 is 0 Å². The van der Waals surface area contributed by atoms with Crippen molar-refractivity contribution >= 4 is 23.6 Å². The van der Waals surface area contributed by atoms with E-state index in [4.69, 9.17) is 4.74 Å². The first-order valence-electron chi connectivity index (χ1n) is 13.3. The van der Waals surface area contributed by atoms with E-state index in [0.29, 0.717) is 39.0 Å². The molecular formula is C28H42N4O6. The Morgan fingerprint density at radius 3 is 2.29 bits per heavy atom. The van der Waals surface area contributed by atoms with Crippen LogP contribution in [0.2, 0.25) is 0 Å². The molecule has 1 fully saturated rings. The number of likely N-dealkylation sites (N-methyl/N-ethyl adjacent to an activating group) is 1. The van der Waals surface area contributed by atoms with Crippen molar-refractivity contribution in [2.24, 2.45) is 16.7 Å². The number of benzene rings is 1. The van der Waals surface area contributed by atoms with Crippen molar-refractivity contribution in [2.45, 2.75) is 59.9 Å². The van der Waals surface area contributed by atoms with Crippen LogP contribution >= 0.6 is 0 Å². The molecule has 10 heteroatoms. The summed E-state index contributed by atoms with van der Waals surface area (Å²) >= 11 is 0. The number of ether oxygens (including phenoxy) is 1. The number of fused-ring (bicyclic) bond motifs is 2. The van der Waals surface area contributed by atoms with E-state index in [2.05, 4.69) is 38.3 Å². The van der Waals surface area contributed by atoms with Gasteiger partial charge in [0.2, 0.25) is 11.8 Å². The predicted octanol–water partition coefficient (Wildman–Crippen LogP) is 2.16. The van der Waals surface area contributed by atoms with Crippen molar-refractivity contribution in [3.8, 4) is 11.5 Å². The van der Waals surface area contributed by atoms with Crippen LogP contribution in [0.1, 0.15) is 64.2 Å². The highest BCUT2D eigenvalue weighted by molar-refractivity contribution is 5.95. The molecule has 2 bridgehead atoms. The second-order valence-electron chi connectivity index (χ2n) is 11.6. The van der Waals surface area contributed by atoms with E-state index in [1.54, 1.807) is 18.9 Å². The van der Waals surface area contributed by atoms with Crippen LogP contribution in [0.5, 0.6) is 11.5 Å². The Morgan fingerprint density at radius 2 is 1.63 bits per heavy atom. The zero-order chi connectivity index (χ0) is 28.3. The predicted molar refractivity (Wildman–Crippen MR) is 143 cm³/mol. The molecule has 4 amide bonds. The molecule has 2 aliphatic rings. The minimum absolute atomic E-state index is 0.0606. The van der Waals surface area contributed by atoms with Gasteiger partial charge in [0.25, 0.3) is 11.8 Å². The third kappa shape index (κ3) is 6.57. The Labute approximate surface area is 225 Å². The minimum atomic E-state index is -0.746. The Balaban J connectivity index is 1.75. The Kier molecular flexibility index (Phi) is 8.94. The smallest absolute Gasteiger partial charge is 0.258 e. The number of amides is 4. The molecule has 3 rings (SSSR count). The first-order valence-corrected chi connectivity index (χ1v) is 13.3. The van der Waals surface area contributed by atoms with Crippen LogP contribution < -0.4 is 15.4 Å². The first-order chi connectivity index (χ1) is 17.8. The van der Waals surface area contributed by atoms with Crippen LogP contribution in [0, 0.1) is 16.7 Å². The normalized spacial score (nSPS) is 23.6. The number of nitrogens with one attached hydrogen (secondary N) is 2. The number of hydrogen-bond donors (Lipinski definition) is 3. The molecule has 1 aromatic carbocycles. The van der Waals surface area contributed by atoms with E-state index < -0.39 is 17.9 Å². The molecule has 0 unspecified atom stereocenters. The molecule has 1 atom stereocenters. The molecule has 0 aromatic heterocycles. The summed E-state index contributed by atoms with van der Waals surface area (Å²) < 4.78 is 5.46. The van der Waals surface area contributed by atoms with Crippen LogP contribution in [0.25, 0.3) is 0 Å². The lowest BCUT2D eigenvalue weighted by Crippen LogP contribution is -2.47. The summed E-state index contributed by atoms with van der Waals surface area (Å²) in [5.41, 5.74) is 0.0302. The van der Waals surface area contributed by atoms with Gasteiger partial charge in [0.15, 0.2) is 6.61 Å². The van der Waals surface area contributed by atoms with E-state index in [9.17, 15) is 24.3 Å². The third-order valence-corrected chi connectivity index (χ3v) is 8.29. The lowest BCUT2D eigenvalue weighted by atomic mass is 10.0. The standard InChI is InChI=1S/C28H42N4O6/c1-18-25(36)31(6)11-7-8-12-32(26(37)23-27(2,3)28(23,4)5)13-9-10-29-24(35)19-14-20(33)16-21(15-19)38-17-22(34)30-18/h14-16,18,23,33H,7-13,17H2,1-6H3,(H,29,35)(H,30,34)/t18-/m0/s1. The van der Waals surface area contributed by atoms with Gasteiger partial charge in [-0.1, -0.05) is 27.7 Å². The number of rotatable bonds is 1. The van der Waals surface area contributed by atoms with Gasteiger partial charge < -0.3 is 30.3 Å². The van der Waals surface area contributed by atoms with Gasteiger partial charge in [-0.15, -0.1) is 0 Å². The maximum absolute atomic E-state index is 13.5. The molecule has 0 spiro atoms. The highest BCUT2D eigenvalue weighted by Crippen LogP contribution is 2.68. The van der Waals surface area contributed by atoms with Gasteiger partial charge in [0, 0.05) is 50.8 Å². The van der Waals surface area contributed by atoms with Crippen molar-refractivity contribution in [3.63, 3.8) is 0 Å². The van der Waals surface area contributed by atoms with Crippen LogP contribution in [-0.4, -0.2) is 84.4 Å². The summed E-state index contributed by atoms with van der Waals surface area (Å²) in [5.74, 6) is -1.07. The molecule has 0 radical (unpaired) electrons. The van der Waals surface area contributed by atoms with E-state index in [-0.39, 0.29) is 52.2 Å². The molecule has 1 saturated carbocycles. The fourth-order valence-electron chi connectivity index (χ4n) is 5.29. The summed E-state index contributed by atoms with van der Waals surface area (Å²) in [6.45, 7) is 11.7. The third-order valence-electron chi connectivity index (χ3n) is 8.29. The van der Waals surface area contributed by atoms with E-state index in [1.807, 2.05) is 4.90 Å². The van der Waals surface area contributed by atoms with Crippen molar-refractivity contribution in [1.29, 1.82) is 0 Å². The molecular weight excluding hydrogens is 488 g/mol. The molecule has 0 saturated heterocycles. The van der Waals surface area contributed by atoms with Gasteiger partial charge in [0.05, 0.1) is 0 Å². The molecule has 1 aromatic rings. The van der Waals surface area contributed by atoms with Crippen LogP contribution in [0.3, 0.4) is 0 Å². The number of aromatic hydroxyl groups is 1. The van der Waals surface area contributed by atoms with Gasteiger partial charge in [-0.05, 0) is 49.1 Å². The fraction of sp³-hybridized carbons (Fsp3) is 0.643. The molecule has 38 heavy (non-hydrogen) atoms. The number of carbonyl (C=O) groups is 4. The van der Waals surface area contributed by atoms with Crippen molar-refractivity contribution < 1.29 is 29.0 Å². The van der Waals surface area contributed by atoms with Crippen molar-refractivity contribution in [3.05, 3.63) is 23.8 Å². The molecule has 10 nitrogen and oxygen atoms in total. The molecule has 1 aliphatic heterocycles. The van der Waals surface area contributed by atoms with Crippen LogP contribution in [-0.2, 0) is 14.4 Å². The Bertz CT molecular complexity index is 1060. The summed E-state index contributed by atoms with van der Waals surface area (Å²) in [5, 5.41) is 15.5. The number of nitrogens with zero attached hydrogens (tertiary/aromatic N) is 2. The maximum atomic E-state index is 13.5. The van der Waals surface area contributed by atoms with Crippen molar-refractivity contribution in [2.75, 3.05) is 39.8 Å². The Hall–Kier alpha value is -3.30. The van der Waals surface area contributed by atoms with Crippen molar-refractivity contribution in [1.82, 2.24) is 20.4 Å². The molecule has 210 valence electrons. The summed E-state index contributed by atoms with van der Waals surface area (Å²) in [6, 6.07) is 3.32. The largest absolute Gasteiger partial charge is 0.508 e. The number of phenols is 1. The fourth-order valence-corrected chi connectivity index (χ4v) is 5.29. The monoisotopic (exact) mass is 530 g/mol. The van der Waals surface area contributed by atoms with Gasteiger partial charge in [-0.25, -0.2) is 0 Å². The van der Waals surface area contributed by atoms with E-state index >= 15 is 0 Å². The van der Waals surface area contributed by atoms with Crippen LogP contribution in [0.4, 0.5) is 0 Å². The van der Waals surface area contributed by atoms with Gasteiger partial charge in [0.1, 0.15) is 17.5 Å². The second-order valence-corrected chi connectivity index (χ2v) is 11.6. The maximum Gasteiger partial charge on any atom is 0.258 e. The zero-order valence-electron chi connectivity index (χ0n) is 23.4. The average Bonchev–Trinajstić information content (AvgIpc) is 3.26. The lowest BCUT2D eigenvalue weighted by Gasteiger charge is -2.26. The number of hydrogen-bond acceptors (Lipinski definition) is 6. The quantitative estimate of drug-likeness (QED) is 0.511. The van der Waals surface area contributed by atoms with E-state index in [0.717, 1.165) is 6.42 Å². The molecule has 1 heterocycles. The highest BCUT2D eigenvalue weighted by atomic mass is 16.5. The van der Waals surface area contributed by atoms with Crippen LogP contribution in [0.15, 0.2) is 18.2 Å². The van der Waals surface area contributed by atoms with E-state index in [1.165, 1.54) is 18.2 Å². The minimum Gasteiger partial charge on any atom is -0.508 e. The summed E-state index contributed by atoms with van der Waals surface area (Å²) in [6.07, 6.45) is 2.01. The highest BCUT2D eigenvalue weighted by Gasteiger charge is 2.68. The number of phenolic OH excluding ortho intramolecular Hbond substituents is 1. The summed E-state index contributed by atoms with van der Waals surface area (Å²) in [7, 11) is 1.70. The SMILES string of the molecule is C[C@@H]1NC(=O)COc2cc(O)cc(c2)C(=O)NCCCN(C(=O)C2C(C)(C)C2(C)C)CCCCN(C)C1=O. The first kappa shape index (κ1) is 29.3. The van der Waals surface area contributed by atoms with Gasteiger partial charge in [-0.2, -0.15) is 0 Å². The lowest BCUT2D eigenvalue weighted by molar-refractivity contribution is -0.135. The van der Waals surface area contributed by atoms with Gasteiger partial charge in [-0.3, -0.25) is 19.2 Å². The zero-order valence-corrected chi connectivity index (χ0v) is 23.4. The topological polar surface area (TPSA) is 128 Å². The molecule has 3 N–H and O–H groups in total. The number of carbonyl (C=O) groups excluding carboxylic acids is 4. The Morgan fingerprint density at radius 1 is 1.00 bits per heavy atom. The second kappa shape index (κ2) is 11.6.